The first-order valence-electron chi connectivity index (χ1n) is 4.49. The molecular formula is C10H11N3. The molecule has 2 rings (SSSR count). The standard InChI is InChI=1S/C10H11N3/c11-6-8-7-12-5-3-9(8)10-2-1-4-13-10/h3,5,7,10,13H,1-2,4H2. The van der Waals surface area contributed by atoms with Crippen LogP contribution in [-0.4, -0.2) is 11.5 Å². The molecule has 2 heterocycles. The number of nitrogens with one attached hydrogen (secondary N) is 1. The van der Waals surface area contributed by atoms with Crippen molar-refractivity contribution in [1.82, 2.24) is 10.3 Å². The Balaban J connectivity index is 2.33. The molecule has 0 bridgehead atoms. The van der Waals surface area contributed by atoms with Crippen LogP contribution < -0.4 is 5.32 Å². The van der Waals surface area contributed by atoms with Gasteiger partial charge in [0.1, 0.15) is 6.07 Å². The maximum Gasteiger partial charge on any atom is 0.101 e. The monoisotopic (exact) mass is 173 g/mol. The number of hydrogen-bond acceptors (Lipinski definition) is 3. The largest absolute Gasteiger partial charge is 0.310 e. The van der Waals surface area contributed by atoms with Crippen molar-refractivity contribution in [2.45, 2.75) is 18.9 Å². The molecule has 0 spiro atoms. The molecule has 0 aromatic carbocycles. The Labute approximate surface area is 77.4 Å². The zero-order chi connectivity index (χ0) is 9.10. The molecule has 1 aromatic heterocycles. The average Bonchev–Trinajstić information content (AvgIpc) is 2.70. The Morgan fingerprint density at radius 1 is 1.62 bits per heavy atom. The summed E-state index contributed by atoms with van der Waals surface area (Å²) >= 11 is 0. The van der Waals surface area contributed by atoms with E-state index < -0.39 is 0 Å². The van der Waals surface area contributed by atoms with Gasteiger partial charge in [0, 0.05) is 18.4 Å². The van der Waals surface area contributed by atoms with Crippen molar-refractivity contribution in [2.24, 2.45) is 0 Å². The number of pyridine rings is 1. The number of nitriles is 1. The first kappa shape index (κ1) is 8.21. The molecule has 1 unspecified atom stereocenters. The normalized spacial score (nSPS) is 21.3. The predicted octanol–water partition coefficient (Wildman–Crippen LogP) is 1.38. The first-order chi connectivity index (χ1) is 6.42. The van der Waals surface area contributed by atoms with Crippen molar-refractivity contribution >= 4 is 0 Å². The van der Waals surface area contributed by atoms with Crippen LogP contribution in [0.2, 0.25) is 0 Å². The van der Waals surface area contributed by atoms with Crippen LogP contribution in [0.15, 0.2) is 18.5 Å². The summed E-state index contributed by atoms with van der Waals surface area (Å²) in [6.45, 7) is 1.05. The number of aromatic nitrogens is 1. The second kappa shape index (κ2) is 3.55. The molecule has 3 heteroatoms. The highest BCUT2D eigenvalue weighted by Gasteiger charge is 2.18. The molecule has 1 atom stereocenters. The lowest BCUT2D eigenvalue weighted by Crippen LogP contribution is -2.14. The van der Waals surface area contributed by atoms with Crippen LogP contribution in [0.4, 0.5) is 0 Å². The molecule has 1 N–H and O–H groups in total. The second-order valence-corrected chi connectivity index (χ2v) is 3.22. The Morgan fingerprint density at radius 2 is 2.54 bits per heavy atom. The highest BCUT2D eigenvalue weighted by atomic mass is 14.9. The molecule has 0 radical (unpaired) electrons. The third-order valence-corrected chi connectivity index (χ3v) is 2.41. The fourth-order valence-electron chi connectivity index (χ4n) is 1.75. The second-order valence-electron chi connectivity index (χ2n) is 3.22. The zero-order valence-corrected chi connectivity index (χ0v) is 7.33. The van der Waals surface area contributed by atoms with Crippen molar-refractivity contribution in [1.29, 1.82) is 5.26 Å². The molecule has 0 amide bonds. The SMILES string of the molecule is N#Cc1cnccc1C1CCCN1. The fourth-order valence-corrected chi connectivity index (χ4v) is 1.75. The van der Waals surface area contributed by atoms with Crippen LogP contribution in [0, 0.1) is 11.3 Å². The van der Waals surface area contributed by atoms with Gasteiger partial charge < -0.3 is 5.32 Å². The van der Waals surface area contributed by atoms with Gasteiger partial charge in [-0.1, -0.05) is 0 Å². The van der Waals surface area contributed by atoms with Crippen LogP contribution in [0.5, 0.6) is 0 Å². The van der Waals surface area contributed by atoms with Gasteiger partial charge in [0.05, 0.1) is 5.56 Å². The minimum atomic E-state index is 0.359. The van der Waals surface area contributed by atoms with Gasteiger partial charge in [-0.15, -0.1) is 0 Å². The lowest BCUT2D eigenvalue weighted by Gasteiger charge is -2.10. The van der Waals surface area contributed by atoms with Gasteiger partial charge in [0.2, 0.25) is 0 Å². The van der Waals surface area contributed by atoms with Crippen molar-refractivity contribution in [3.05, 3.63) is 29.6 Å². The summed E-state index contributed by atoms with van der Waals surface area (Å²) in [7, 11) is 0. The maximum absolute atomic E-state index is 8.86. The number of nitrogens with zero attached hydrogens (tertiary/aromatic N) is 2. The van der Waals surface area contributed by atoms with Gasteiger partial charge in [0.25, 0.3) is 0 Å². The van der Waals surface area contributed by atoms with E-state index in [4.69, 9.17) is 5.26 Å². The van der Waals surface area contributed by atoms with Crippen LogP contribution >= 0.6 is 0 Å². The summed E-state index contributed by atoms with van der Waals surface area (Å²) in [4.78, 5) is 3.94. The Bertz CT molecular complexity index is 334. The van der Waals surface area contributed by atoms with Gasteiger partial charge in [0.15, 0.2) is 0 Å². The Hall–Kier alpha value is -1.40. The molecular weight excluding hydrogens is 162 g/mol. The van der Waals surface area contributed by atoms with E-state index in [2.05, 4.69) is 16.4 Å². The van der Waals surface area contributed by atoms with E-state index in [1.54, 1.807) is 12.4 Å². The van der Waals surface area contributed by atoms with Crippen LogP contribution in [0.25, 0.3) is 0 Å². The van der Waals surface area contributed by atoms with Crippen molar-refractivity contribution in [2.75, 3.05) is 6.54 Å². The smallest absolute Gasteiger partial charge is 0.101 e. The quantitative estimate of drug-likeness (QED) is 0.698. The molecule has 1 saturated heterocycles. The number of rotatable bonds is 1. The molecule has 0 saturated carbocycles. The van der Waals surface area contributed by atoms with Crippen molar-refractivity contribution in [3.8, 4) is 6.07 Å². The predicted molar refractivity (Wildman–Crippen MR) is 48.9 cm³/mol. The summed E-state index contributed by atoms with van der Waals surface area (Å²) in [5, 5.41) is 12.2. The lowest BCUT2D eigenvalue weighted by molar-refractivity contribution is 0.645. The number of hydrogen-bond donors (Lipinski definition) is 1. The van der Waals surface area contributed by atoms with Crippen molar-refractivity contribution < 1.29 is 0 Å². The van der Waals surface area contributed by atoms with E-state index in [1.807, 2.05) is 6.07 Å². The molecule has 1 aromatic rings. The highest BCUT2D eigenvalue weighted by Crippen LogP contribution is 2.24. The molecule has 1 aliphatic heterocycles. The van der Waals surface area contributed by atoms with Gasteiger partial charge in [-0.3, -0.25) is 4.98 Å². The Morgan fingerprint density at radius 3 is 3.23 bits per heavy atom. The Kier molecular flexibility index (Phi) is 2.24. The highest BCUT2D eigenvalue weighted by molar-refractivity contribution is 5.37. The van der Waals surface area contributed by atoms with Crippen LogP contribution in [0.1, 0.15) is 30.0 Å². The third kappa shape index (κ3) is 1.53. The van der Waals surface area contributed by atoms with E-state index in [9.17, 15) is 0 Å². The fraction of sp³-hybridized carbons (Fsp3) is 0.400. The zero-order valence-electron chi connectivity index (χ0n) is 7.33. The summed E-state index contributed by atoms with van der Waals surface area (Å²) in [5.41, 5.74) is 1.79. The molecule has 1 fully saturated rings. The third-order valence-electron chi connectivity index (χ3n) is 2.41. The summed E-state index contributed by atoms with van der Waals surface area (Å²) in [5.74, 6) is 0. The topological polar surface area (TPSA) is 48.7 Å². The van der Waals surface area contributed by atoms with Gasteiger partial charge in [-0.25, -0.2) is 0 Å². The maximum atomic E-state index is 8.86. The molecule has 13 heavy (non-hydrogen) atoms. The molecule has 3 nitrogen and oxygen atoms in total. The van der Waals surface area contributed by atoms with Gasteiger partial charge >= 0.3 is 0 Å². The van der Waals surface area contributed by atoms with E-state index in [0.717, 1.165) is 18.5 Å². The molecule has 1 aliphatic rings. The van der Waals surface area contributed by atoms with Crippen molar-refractivity contribution in [3.63, 3.8) is 0 Å². The molecule has 0 aliphatic carbocycles. The van der Waals surface area contributed by atoms with E-state index in [-0.39, 0.29) is 0 Å². The van der Waals surface area contributed by atoms with Gasteiger partial charge in [-0.05, 0) is 31.0 Å². The first-order valence-corrected chi connectivity index (χ1v) is 4.49. The van der Waals surface area contributed by atoms with E-state index in [1.165, 1.54) is 6.42 Å². The lowest BCUT2D eigenvalue weighted by atomic mass is 10.0. The minimum Gasteiger partial charge on any atom is -0.310 e. The van der Waals surface area contributed by atoms with E-state index in [0.29, 0.717) is 11.6 Å². The van der Waals surface area contributed by atoms with E-state index >= 15 is 0 Å². The summed E-state index contributed by atoms with van der Waals surface area (Å²) < 4.78 is 0. The van der Waals surface area contributed by atoms with Gasteiger partial charge in [-0.2, -0.15) is 5.26 Å². The average molecular weight is 173 g/mol. The summed E-state index contributed by atoms with van der Waals surface area (Å²) in [6, 6.07) is 4.46. The minimum absolute atomic E-state index is 0.359. The van der Waals surface area contributed by atoms with Crippen LogP contribution in [0.3, 0.4) is 0 Å². The molecule has 66 valence electrons. The van der Waals surface area contributed by atoms with Crippen LogP contribution in [-0.2, 0) is 0 Å². The summed E-state index contributed by atoms with van der Waals surface area (Å²) in [6.07, 6.45) is 5.70.